The molecule has 0 aromatic rings. The molecule has 0 aromatic heterocycles. The Morgan fingerprint density at radius 1 is 0.571 bits per heavy atom. The van der Waals surface area contributed by atoms with E-state index in [9.17, 15) is 19.4 Å². The molecule has 9 nitrogen and oxygen atoms in total. The first-order valence-corrected chi connectivity index (χ1v) is 24.1. The Hall–Kier alpha value is -1.58. The van der Waals surface area contributed by atoms with Crippen LogP contribution in [-0.2, 0) is 27.9 Å². The summed E-state index contributed by atoms with van der Waals surface area (Å²) in [4.78, 5) is 22.5. The molecule has 3 atom stereocenters. The summed E-state index contributed by atoms with van der Waals surface area (Å²) in [5, 5.41) is 18.3. The molecule has 3 N–H and O–H groups in total. The predicted octanol–water partition coefficient (Wildman–Crippen LogP) is 12.6. The minimum absolute atomic E-state index is 0.0359. The number of allylic oxidation sites excluding steroid dienone is 8. The average molecular weight is 813 g/mol. The molecule has 0 amide bonds. The van der Waals surface area contributed by atoms with E-state index in [0.717, 1.165) is 57.8 Å². The SMILES string of the molecule is CC/C=C\C/C=C\C/C=C\CCCCCC(=O)OC(COCCCCCCCCCCCC/C=C\CCCCCCCCCC)COP(=O)(O)OCC(O)CO. The number of hydrogen-bond acceptors (Lipinski definition) is 8. The predicted molar refractivity (Wildman–Crippen MR) is 233 cm³/mol. The van der Waals surface area contributed by atoms with Crippen molar-refractivity contribution in [2.24, 2.45) is 0 Å². The van der Waals surface area contributed by atoms with Crippen LogP contribution >= 0.6 is 7.82 Å². The molecule has 0 aliphatic rings. The zero-order valence-electron chi connectivity index (χ0n) is 35.8. The van der Waals surface area contributed by atoms with Gasteiger partial charge in [0.05, 0.1) is 26.4 Å². The maximum Gasteiger partial charge on any atom is 0.472 e. The average Bonchev–Trinajstić information content (AvgIpc) is 3.19. The van der Waals surface area contributed by atoms with Gasteiger partial charge >= 0.3 is 13.8 Å². The highest BCUT2D eigenvalue weighted by Gasteiger charge is 2.26. The first-order valence-electron chi connectivity index (χ1n) is 22.6. The van der Waals surface area contributed by atoms with Gasteiger partial charge in [-0.2, -0.15) is 0 Å². The fraction of sp³-hybridized carbons (Fsp3) is 0.804. The van der Waals surface area contributed by atoms with Crippen LogP contribution in [0.3, 0.4) is 0 Å². The molecular weight excluding hydrogens is 727 g/mol. The summed E-state index contributed by atoms with van der Waals surface area (Å²) in [6, 6.07) is 0. The van der Waals surface area contributed by atoms with Gasteiger partial charge in [-0.1, -0.05) is 165 Å². The highest BCUT2D eigenvalue weighted by atomic mass is 31.2. The first kappa shape index (κ1) is 54.4. The molecule has 0 aliphatic heterocycles. The number of unbranched alkanes of at least 4 members (excludes halogenated alkanes) is 21. The van der Waals surface area contributed by atoms with E-state index in [1.807, 2.05) is 0 Å². The van der Waals surface area contributed by atoms with E-state index in [1.54, 1.807) is 0 Å². The minimum Gasteiger partial charge on any atom is -0.457 e. The molecule has 3 unspecified atom stereocenters. The van der Waals surface area contributed by atoms with E-state index in [0.29, 0.717) is 13.0 Å². The maximum absolute atomic E-state index is 12.6. The van der Waals surface area contributed by atoms with Gasteiger partial charge in [-0.25, -0.2) is 4.57 Å². The van der Waals surface area contributed by atoms with Crippen LogP contribution in [-0.4, -0.2) is 66.3 Å². The summed E-state index contributed by atoms with van der Waals surface area (Å²) in [6.07, 6.45) is 48.0. The Morgan fingerprint density at radius 3 is 1.55 bits per heavy atom. The number of aliphatic hydroxyl groups excluding tert-OH is 2. The number of phosphoric acid groups is 1. The molecule has 0 bridgehead atoms. The van der Waals surface area contributed by atoms with Crippen LogP contribution in [0.25, 0.3) is 0 Å². The number of aliphatic hydroxyl groups is 2. The van der Waals surface area contributed by atoms with Crippen molar-refractivity contribution in [3.8, 4) is 0 Å². The van der Waals surface area contributed by atoms with Crippen molar-refractivity contribution in [3.05, 3.63) is 48.6 Å². The Morgan fingerprint density at radius 2 is 1.02 bits per heavy atom. The van der Waals surface area contributed by atoms with E-state index < -0.39 is 39.2 Å². The molecule has 0 spiro atoms. The quantitative estimate of drug-likeness (QED) is 0.0238. The number of carbonyl (C=O) groups is 1. The van der Waals surface area contributed by atoms with Crippen LogP contribution in [0.1, 0.15) is 194 Å². The molecule has 56 heavy (non-hydrogen) atoms. The van der Waals surface area contributed by atoms with E-state index in [4.69, 9.17) is 23.6 Å². The summed E-state index contributed by atoms with van der Waals surface area (Å²) in [5.74, 6) is -0.412. The van der Waals surface area contributed by atoms with Crippen LogP contribution in [0.15, 0.2) is 48.6 Å². The van der Waals surface area contributed by atoms with Crippen molar-refractivity contribution in [2.75, 3.05) is 33.0 Å². The monoisotopic (exact) mass is 813 g/mol. The largest absolute Gasteiger partial charge is 0.472 e. The van der Waals surface area contributed by atoms with Crippen molar-refractivity contribution in [1.82, 2.24) is 0 Å². The van der Waals surface area contributed by atoms with E-state index in [1.165, 1.54) is 109 Å². The number of ether oxygens (including phenoxy) is 2. The van der Waals surface area contributed by atoms with Gasteiger partial charge < -0.3 is 24.6 Å². The fourth-order valence-corrected chi connectivity index (χ4v) is 6.86. The Labute approximate surface area is 343 Å². The van der Waals surface area contributed by atoms with Crippen LogP contribution < -0.4 is 0 Å². The third-order valence-corrected chi connectivity index (χ3v) is 10.4. The Bertz CT molecular complexity index is 1010. The lowest BCUT2D eigenvalue weighted by Gasteiger charge is -2.20. The fourth-order valence-electron chi connectivity index (χ4n) is 6.07. The van der Waals surface area contributed by atoms with Crippen LogP contribution in [0, 0.1) is 0 Å². The van der Waals surface area contributed by atoms with Gasteiger partial charge in [0.1, 0.15) is 12.2 Å². The molecule has 0 fully saturated rings. The van der Waals surface area contributed by atoms with Crippen LogP contribution in [0.2, 0.25) is 0 Å². The number of carbonyl (C=O) groups excluding carboxylic acids is 1. The number of rotatable bonds is 43. The summed E-state index contributed by atoms with van der Waals surface area (Å²) >= 11 is 0. The standard InChI is InChI=1S/C46H85O9P/c1-3-5-7-9-11-13-15-17-18-19-20-21-22-23-24-25-27-29-31-33-35-37-39-52-42-45(43-54-56(50,51)53-41-44(48)40-47)55-46(49)38-36-34-32-30-28-26-16-14-12-10-8-6-4-2/h6,8,12,14,19-20,26,28,44-45,47-48H,3-5,7,9-11,13,15-18,21-25,27,29-43H2,1-2H3,(H,50,51)/b8-6-,14-12-,20-19-,28-26-. The molecule has 0 saturated heterocycles. The number of phosphoric ester groups is 1. The zero-order valence-corrected chi connectivity index (χ0v) is 36.7. The summed E-state index contributed by atoms with van der Waals surface area (Å²) in [6.45, 7) is 3.37. The normalized spacial score (nSPS) is 14.4. The Kier molecular flexibility index (Phi) is 41.8. The molecular formula is C46H85O9P. The topological polar surface area (TPSA) is 132 Å². The lowest BCUT2D eigenvalue weighted by atomic mass is 10.1. The highest BCUT2D eigenvalue weighted by Crippen LogP contribution is 2.43. The van der Waals surface area contributed by atoms with Gasteiger partial charge in [0.15, 0.2) is 0 Å². The molecule has 0 aromatic carbocycles. The zero-order chi connectivity index (χ0) is 41.1. The molecule has 10 heteroatoms. The van der Waals surface area contributed by atoms with Gasteiger partial charge in [0, 0.05) is 13.0 Å². The second kappa shape index (κ2) is 43.0. The second-order valence-electron chi connectivity index (χ2n) is 15.0. The van der Waals surface area contributed by atoms with Crippen molar-refractivity contribution < 1.29 is 43.0 Å². The number of esters is 1. The maximum atomic E-state index is 12.6. The number of hydrogen-bond donors (Lipinski definition) is 3. The van der Waals surface area contributed by atoms with Crippen molar-refractivity contribution in [2.45, 2.75) is 206 Å². The highest BCUT2D eigenvalue weighted by molar-refractivity contribution is 7.47. The van der Waals surface area contributed by atoms with Crippen LogP contribution in [0.4, 0.5) is 0 Å². The van der Waals surface area contributed by atoms with E-state index >= 15 is 0 Å². The lowest BCUT2D eigenvalue weighted by molar-refractivity contribution is -0.154. The molecule has 0 rings (SSSR count). The van der Waals surface area contributed by atoms with Crippen molar-refractivity contribution in [1.29, 1.82) is 0 Å². The minimum atomic E-state index is -4.53. The van der Waals surface area contributed by atoms with Gasteiger partial charge in [0.25, 0.3) is 0 Å². The van der Waals surface area contributed by atoms with Gasteiger partial charge in [-0.3, -0.25) is 13.8 Å². The summed E-state index contributed by atoms with van der Waals surface area (Å²) in [5.41, 5.74) is 0. The van der Waals surface area contributed by atoms with E-state index in [2.05, 4.69) is 62.5 Å². The van der Waals surface area contributed by atoms with Gasteiger partial charge in [-0.15, -0.1) is 0 Å². The van der Waals surface area contributed by atoms with Gasteiger partial charge in [-0.05, 0) is 70.6 Å². The molecule has 328 valence electrons. The molecule has 0 radical (unpaired) electrons. The smallest absolute Gasteiger partial charge is 0.457 e. The third-order valence-electron chi connectivity index (χ3n) is 9.50. The molecule has 0 saturated carbocycles. The summed E-state index contributed by atoms with van der Waals surface area (Å²) < 4.78 is 33.3. The van der Waals surface area contributed by atoms with Gasteiger partial charge in [0.2, 0.25) is 0 Å². The Balaban J connectivity index is 4.11. The third kappa shape index (κ3) is 42.0. The van der Waals surface area contributed by atoms with Crippen molar-refractivity contribution >= 4 is 13.8 Å². The lowest BCUT2D eigenvalue weighted by Crippen LogP contribution is -2.29. The second-order valence-corrected chi connectivity index (χ2v) is 16.5. The van der Waals surface area contributed by atoms with Crippen molar-refractivity contribution in [3.63, 3.8) is 0 Å². The molecule has 0 aliphatic carbocycles. The first-order chi connectivity index (χ1) is 27.3. The molecule has 0 heterocycles. The van der Waals surface area contributed by atoms with E-state index in [-0.39, 0.29) is 19.6 Å². The van der Waals surface area contributed by atoms with Crippen LogP contribution in [0.5, 0.6) is 0 Å². The summed E-state index contributed by atoms with van der Waals surface area (Å²) in [7, 11) is -4.53.